The molecule has 0 radical (unpaired) electrons. The second-order valence-corrected chi connectivity index (χ2v) is 43.9. The fourth-order valence-electron chi connectivity index (χ4n) is 20.0. The van der Waals surface area contributed by atoms with Crippen LogP contribution in [0.2, 0.25) is 0 Å². The van der Waals surface area contributed by atoms with E-state index < -0.39 is 0 Å². The molecule has 1 aliphatic carbocycles. The van der Waals surface area contributed by atoms with Crippen LogP contribution in [0.4, 0.5) is 0 Å². The van der Waals surface area contributed by atoms with E-state index >= 15 is 0 Å². The van der Waals surface area contributed by atoms with Gasteiger partial charge in [0.2, 0.25) is 0 Å². The Morgan fingerprint density at radius 3 is 0.822 bits per heavy atom. The summed E-state index contributed by atoms with van der Waals surface area (Å²) in [6, 6.07) is 136. The van der Waals surface area contributed by atoms with Gasteiger partial charge in [-0.1, -0.05) is 442 Å². The van der Waals surface area contributed by atoms with Crippen molar-refractivity contribution >= 4 is 0 Å². The van der Waals surface area contributed by atoms with Gasteiger partial charge in [0.25, 0.3) is 0 Å². The summed E-state index contributed by atoms with van der Waals surface area (Å²) in [6.45, 7) is 46.7. The van der Waals surface area contributed by atoms with E-state index in [0.29, 0.717) is 0 Å². The number of pyridine rings is 3. The summed E-state index contributed by atoms with van der Waals surface area (Å²) in [6.07, 6.45) is 8.73. The van der Waals surface area contributed by atoms with Crippen LogP contribution in [0.1, 0.15) is 223 Å². The van der Waals surface area contributed by atoms with Gasteiger partial charge in [-0.25, -0.2) is 0 Å². The third-order valence-corrected chi connectivity index (χ3v) is 28.0. The molecule has 0 saturated heterocycles. The minimum Gasteiger partial charge on any atom is -0.305 e. The fourth-order valence-corrected chi connectivity index (χ4v) is 20.0. The van der Waals surface area contributed by atoms with Gasteiger partial charge in [0, 0.05) is 29.7 Å². The molecule has 0 bridgehead atoms. The van der Waals surface area contributed by atoms with E-state index in [9.17, 15) is 0 Å². The van der Waals surface area contributed by atoms with Gasteiger partial charge in [0.15, 0.2) is 0 Å². The van der Waals surface area contributed by atoms with Gasteiger partial charge >= 0.3 is 20.1 Å². The van der Waals surface area contributed by atoms with Crippen LogP contribution in [0, 0.1) is 32.0 Å². The maximum atomic E-state index is 5.36. The third kappa shape index (κ3) is 20.3. The van der Waals surface area contributed by atoms with Gasteiger partial charge in [-0.3, -0.25) is 0 Å². The molecule has 2 unspecified atom stereocenters. The van der Waals surface area contributed by atoms with Crippen LogP contribution in [0.25, 0.3) is 156 Å². The topological polar surface area (TPSA) is 38.7 Å². The summed E-state index contributed by atoms with van der Waals surface area (Å²) >= 11 is 0. The Morgan fingerprint density at radius 1 is 0.215 bits per heavy atom. The molecule has 3 aromatic heterocycles. The predicted molar refractivity (Wildman–Crippen MR) is 569 cm³/mol. The first-order valence-electron chi connectivity index (χ1n) is 48.2. The Kier molecular flexibility index (Phi) is 26.3. The van der Waals surface area contributed by atoms with Gasteiger partial charge < -0.3 is 15.0 Å². The van der Waals surface area contributed by atoms with E-state index in [1.54, 1.807) is 0 Å². The number of aromatic nitrogens is 3. The number of benzene rings is 14. The van der Waals surface area contributed by atoms with Crippen LogP contribution in [-0.4, -0.2) is 15.0 Å². The van der Waals surface area contributed by atoms with Crippen molar-refractivity contribution in [3.63, 3.8) is 0 Å². The Balaban J connectivity index is 0.0000127. The van der Waals surface area contributed by atoms with Crippen molar-refractivity contribution in [1.29, 1.82) is 0 Å². The summed E-state index contributed by atoms with van der Waals surface area (Å²) in [7, 11) is 0. The van der Waals surface area contributed by atoms with E-state index in [2.05, 4.69) is 497 Å². The first kappa shape index (κ1) is 94.0. The molecule has 1 fully saturated rings. The summed E-state index contributed by atoms with van der Waals surface area (Å²) in [4.78, 5) is 15.9. The Hall–Kier alpha value is -12.8. The molecule has 17 aromatic rings. The maximum Gasteiger partial charge on any atom is 3.00 e. The SMILES string of the molecule is Cc1cc(-c2[c-]cc(-c3cc(C(C)(C)C)ccc3C3CC(c4ccccc4-c4c[c-]c(-c5cc(C(C)(C)C)ccn5)cc4-c4cc(-c5ccccc5)cc(C(C)(C)C)c4)CC(c4ccc(C(C)(C)C)cc4-c4c[c-]c(-c5cc(C)c(-c6ccccc6)cn5)cc4-c4cc(-c5ccccc5)cc(C(C)(C)C)c4)C3)c(-c3cc(-c4ccccc4)cc(C(C)(C)C)c3)c2)ncc1-c1ccccc1.[Ir+3]. The van der Waals surface area contributed by atoms with Crippen LogP contribution < -0.4 is 0 Å². The molecule has 0 spiro atoms. The van der Waals surface area contributed by atoms with E-state index in [0.717, 1.165) is 136 Å². The second-order valence-electron chi connectivity index (χ2n) is 43.9. The Bertz CT molecular complexity index is 6890. The first-order chi connectivity index (χ1) is 64.0. The van der Waals surface area contributed by atoms with Crippen molar-refractivity contribution in [2.45, 2.75) is 208 Å². The van der Waals surface area contributed by atoms with Gasteiger partial charge in [0.05, 0.1) is 0 Å². The molecule has 0 aliphatic heterocycles. The quantitative estimate of drug-likeness (QED) is 0.0853. The van der Waals surface area contributed by atoms with Gasteiger partial charge in [0.1, 0.15) is 0 Å². The molecule has 2 atom stereocenters. The smallest absolute Gasteiger partial charge is 0.305 e. The average molecular weight is 1930 g/mol. The first-order valence-corrected chi connectivity index (χ1v) is 48.2. The van der Waals surface area contributed by atoms with E-state index in [1.165, 1.54) is 100 Å². The van der Waals surface area contributed by atoms with Crippen molar-refractivity contribution in [1.82, 2.24) is 15.0 Å². The van der Waals surface area contributed by atoms with Gasteiger partial charge in [-0.05, 0) is 247 Å². The zero-order valence-electron chi connectivity index (χ0n) is 82.4. The molecule has 0 amide bonds. The molecular formula is C131H126IrN3. The number of nitrogens with zero attached hydrogens (tertiary/aromatic N) is 3. The van der Waals surface area contributed by atoms with Crippen molar-refractivity contribution in [3.05, 3.63) is 426 Å². The number of rotatable bonds is 17. The summed E-state index contributed by atoms with van der Waals surface area (Å²) in [5.41, 5.74) is 44.0. The van der Waals surface area contributed by atoms with E-state index in [1.807, 2.05) is 6.20 Å². The zero-order chi connectivity index (χ0) is 93.9. The van der Waals surface area contributed by atoms with Gasteiger partial charge in [-0.15, -0.1) is 71.3 Å². The van der Waals surface area contributed by atoms with Crippen molar-refractivity contribution in [3.8, 4) is 156 Å². The number of aryl methyl sites for hydroxylation is 2. The van der Waals surface area contributed by atoms with Crippen LogP contribution in [0.3, 0.4) is 0 Å². The summed E-state index contributed by atoms with van der Waals surface area (Å²) < 4.78 is 0. The number of hydrogen-bond acceptors (Lipinski definition) is 3. The average Bonchev–Trinajstić information content (AvgIpc) is 0.747. The molecule has 18 rings (SSSR count). The molecular weight excluding hydrogens is 1810 g/mol. The molecule has 1 aliphatic rings. The molecule has 135 heavy (non-hydrogen) atoms. The fraction of sp³-hybridized carbons (Fsp3) is 0.244. The molecule has 3 heterocycles. The minimum absolute atomic E-state index is 0. The summed E-state index contributed by atoms with van der Waals surface area (Å²) in [5.74, 6) is 0.0498. The molecule has 14 aromatic carbocycles. The largest absolute Gasteiger partial charge is 3.00 e. The van der Waals surface area contributed by atoms with Gasteiger partial charge in [-0.2, -0.15) is 0 Å². The zero-order valence-corrected chi connectivity index (χ0v) is 84.8. The minimum atomic E-state index is -0.213. The maximum absolute atomic E-state index is 5.36. The normalized spacial score (nSPS) is 14.4. The molecule has 674 valence electrons. The molecule has 1 saturated carbocycles. The predicted octanol–water partition coefficient (Wildman–Crippen LogP) is 35.8. The second kappa shape index (κ2) is 37.8. The van der Waals surface area contributed by atoms with Crippen molar-refractivity contribution < 1.29 is 20.1 Å². The van der Waals surface area contributed by atoms with Crippen molar-refractivity contribution in [2.75, 3.05) is 0 Å². The van der Waals surface area contributed by atoms with Crippen molar-refractivity contribution in [2.24, 2.45) is 0 Å². The van der Waals surface area contributed by atoms with E-state index in [-0.39, 0.29) is 70.3 Å². The third-order valence-electron chi connectivity index (χ3n) is 28.0. The van der Waals surface area contributed by atoms with Crippen LogP contribution in [0.5, 0.6) is 0 Å². The number of hydrogen-bond donors (Lipinski definition) is 0. The summed E-state index contributed by atoms with van der Waals surface area (Å²) in [5, 5.41) is 0. The molecule has 0 N–H and O–H groups in total. The van der Waals surface area contributed by atoms with Crippen LogP contribution in [0.15, 0.2) is 346 Å². The Morgan fingerprint density at radius 2 is 0.496 bits per heavy atom. The molecule has 3 nitrogen and oxygen atoms in total. The standard InChI is InChI=1S/C131H126N3.Ir/c1-84-62-123(133-82-121(84)89-44-32-24-33-45-89)91-51-56-114(117(76-91)101-65-95(87-40-28-22-29-41-87)71-107(74-101)130(15,16)17)119-79-103(126(3,4)5)53-58-110(119)98-67-97(109-48-36-37-49-112(109)113-55-50-93(125-81-105(60-61-132-125)128(9,10)11)78-116(113)100-64-94(86-38-26-21-27-39-86)70-106(73-100)129(12,13)14)68-99(69-98)111-59-54-104(127(6,7)8)80-120(111)115-57-52-92(124-63-85(2)122(83-134-124)90-46-34-25-35-47-90)77-118(115)102-66-96(88-42-30-23-31-43-88)72-108(75-102)131(18,19)20;/h21-49,53-66,70-83,97-99H,67-69H2,1-20H3;/q-3;+3. The Labute approximate surface area is 818 Å². The van der Waals surface area contributed by atoms with Crippen LogP contribution in [-0.2, 0) is 52.6 Å². The van der Waals surface area contributed by atoms with Crippen LogP contribution >= 0.6 is 0 Å². The molecule has 4 heteroatoms. The monoisotopic (exact) mass is 1930 g/mol. The van der Waals surface area contributed by atoms with E-state index in [4.69, 9.17) is 15.0 Å².